The molecule has 0 fully saturated rings. The second-order valence-corrected chi connectivity index (χ2v) is 6.70. The number of ether oxygens (including phenoxy) is 2. The lowest BCUT2D eigenvalue weighted by atomic mass is 10.1. The monoisotopic (exact) mass is 396 g/mol. The van der Waals surface area contributed by atoms with E-state index in [9.17, 15) is 9.50 Å². The molecule has 29 heavy (non-hydrogen) atoms. The summed E-state index contributed by atoms with van der Waals surface area (Å²) in [7, 11) is 1.61. The smallest absolute Gasteiger partial charge is 0.161 e. The largest absolute Gasteiger partial charge is 0.493 e. The molecule has 152 valence electrons. The molecule has 0 unspecified atom stereocenters. The summed E-state index contributed by atoms with van der Waals surface area (Å²) in [6, 6.07) is 16.1. The van der Waals surface area contributed by atoms with Crippen LogP contribution >= 0.6 is 0 Å². The molecule has 0 aliphatic carbocycles. The van der Waals surface area contributed by atoms with Gasteiger partial charge in [0, 0.05) is 37.6 Å². The van der Waals surface area contributed by atoms with Gasteiger partial charge in [-0.2, -0.15) is 0 Å². The van der Waals surface area contributed by atoms with Crippen LogP contribution in [0.4, 0.5) is 4.39 Å². The van der Waals surface area contributed by atoms with Crippen molar-refractivity contribution in [3.8, 4) is 11.5 Å². The Hall–Kier alpha value is -2.96. The first-order chi connectivity index (χ1) is 14.2. The first-order valence-electron chi connectivity index (χ1n) is 9.44. The van der Waals surface area contributed by atoms with Crippen LogP contribution in [0.15, 0.2) is 67.0 Å². The molecule has 0 atom stereocenters. The van der Waals surface area contributed by atoms with Crippen LogP contribution < -0.4 is 9.47 Å². The molecular weight excluding hydrogens is 371 g/mol. The van der Waals surface area contributed by atoms with Gasteiger partial charge in [-0.1, -0.05) is 24.3 Å². The van der Waals surface area contributed by atoms with Crippen molar-refractivity contribution in [2.24, 2.45) is 0 Å². The third-order valence-corrected chi connectivity index (χ3v) is 4.46. The molecule has 1 N–H and O–H groups in total. The fourth-order valence-electron chi connectivity index (χ4n) is 3.08. The minimum atomic E-state index is -0.262. The molecule has 6 heteroatoms. The van der Waals surface area contributed by atoms with Crippen LogP contribution in [0, 0.1) is 5.82 Å². The number of aromatic nitrogens is 1. The fraction of sp³-hybridized carbons (Fsp3) is 0.261. The van der Waals surface area contributed by atoms with Gasteiger partial charge < -0.3 is 14.6 Å². The first-order valence-corrected chi connectivity index (χ1v) is 9.44. The van der Waals surface area contributed by atoms with E-state index in [1.54, 1.807) is 25.6 Å². The maximum absolute atomic E-state index is 13.5. The molecule has 0 aliphatic rings. The summed E-state index contributed by atoms with van der Waals surface area (Å²) >= 11 is 0. The van der Waals surface area contributed by atoms with Gasteiger partial charge in [0.1, 0.15) is 12.4 Å². The number of halogens is 1. The average Bonchev–Trinajstić information content (AvgIpc) is 2.73. The van der Waals surface area contributed by atoms with Crippen molar-refractivity contribution in [1.82, 2.24) is 9.88 Å². The van der Waals surface area contributed by atoms with E-state index in [2.05, 4.69) is 9.88 Å². The summed E-state index contributed by atoms with van der Waals surface area (Å²) in [4.78, 5) is 6.15. The molecule has 0 amide bonds. The lowest BCUT2D eigenvalue weighted by Crippen LogP contribution is -2.26. The van der Waals surface area contributed by atoms with E-state index in [0.29, 0.717) is 37.7 Å². The Bertz CT molecular complexity index is 906. The number of hydrogen-bond donors (Lipinski definition) is 1. The van der Waals surface area contributed by atoms with Crippen molar-refractivity contribution in [2.45, 2.75) is 19.7 Å². The molecule has 2 aromatic carbocycles. The van der Waals surface area contributed by atoms with Crippen LogP contribution in [0.3, 0.4) is 0 Å². The highest BCUT2D eigenvalue weighted by molar-refractivity contribution is 5.43. The van der Waals surface area contributed by atoms with E-state index in [1.807, 2.05) is 36.4 Å². The molecule has 0 bridgehead atoms. The number of nitrogens with zero attached hydrogens (tertiary/aromatic N) is 2. The zero-order valence-electron chi connectivity index (χ0n) is 16.4. The number of hydrogen-bond acceptors (Lipinski definition) is 5. The van der Waals surface area contributed by atoms with Gasteiger partial charge >= 0.3 is 0 Å². The van der Waals surface area contributed by atoms with Crippen molar-refractivity contribution >= 4 is 0 Å². The summed E-state index contributed by atoms with van der Waals surface area (Å²) < 4.78 is 24.9. The molecule has 0 spiro atoms. The van der Waals surface area contributed by atoms with Crippen LogP contribution in [-0.2, 0) is 19.7 Å². The Kier molecular flexibility index (Phi) is 7.55. The predicted molar refractivity (Wildman–Crippen MR) is 109 cm³/mol. The first kappa shape index (κ1) is 20.8. The Labute approximate surface area is 170 Å². The van der Waals surface area contributed by atoms with Gasteiger partial charge in [0.2, 0.25) is 0 Å². The zero-order chi connectivity index (χ0) is 20.5. The number of aliphatic hydroxyl groups is 1. The molecule has 0 saturated heterocycles. The van der Waals surface area contributed by atoms with E-state index >= 15 is 0 Å². The average molecular weight is 396 g/mol. The molecule has 0 radical (unpaired) electrons. The second kappa shape index (κ2) is 10.5. The zero-order valence-corrected chi connectivity index (χ0v) is 16.4. The highest BCUT2D eigenvalue weighted by Gasteiger charge is 2.11. The normalized spacial score (nSPS) is 10.9. The topological polar surface area (TPSA) is 54.8 Å². The van der Waals surface area contributed by atoms with E-state index in [1.165, 1.54) is 12.1 Å². The minimum Gasteiger partial charge on any atom is -0.493 e. The van der Waals surface area contributed by atoms with Gasteiger partial charge in [-0.25, -0.2) is 4.39 Å². The number of methoxy groups -OCH3 is 1. The number of pyridine rings is 1. The van der Waals surface area contributed by atoms with Crippen molar-refractivity contribution in [3.63, 3.8) is 0 Å². The van der Waals surface area contributed by atoms with Gasteiger partial charge in [0.15, 0.2) is 11.5 Å². The van der Waals surface area contributed by atoms with Crippen LogP contribution in [0.2, 0.25) is 0 Å². The SMILES string of the molecule is COc1ccc(CN(CCO)Cc2cccc(F)c2)cc1OCc1cccnc1. The van der Waals surface area contributed by atoms with E-state index < -0.39 is 0 Å². The summed E-state index contributed by atoms with van der Waals surface area (Å²) in [5.41, 5.74) is 2.84. The summed E-state index contributed by atoms with van der Waals surface area (Å²) in [6.07, 6.45) is 3.48. The van der Waals surface area contributed by atoms with Crippen molar-refractivity contribution < 1.29 is 19.0 Å². The number of rotatable bonds is 10. The fourth-order valence-corrected chi connectivity index (χ4v) is 3.08. The van der Waals surface area contributed by atoms with Gasteiger partial charge in [-0.15, -0.1) is 0 Å². The van der Waals surface area contributed by atoms with Gasteiger partial charge in [0.05, 0.1) is 13.7 Å². The van der Waals surface area contributed by atoms with Gasteiger partial charge in [-0.3, -0.25) is 9.88 Å². The van der Waals surface area contributed by atoms with Crippen LogP contribution in [0.25, 0.3) is 0 Å². The third kappa shape index (κ3) is 6.27. The number of aliphatic hydroxyl groups excluding tert-OH is 1. The minimum absolute atomic E-state index is 0.0236. The Morgan fingerprint density at radius 3 is 2.45 bits per heavy atom. The molecule has 5 nitrogen and oxygen atoms in total. The standard InChI is InChI=1S/C23H25FN2O3/c1-28-22-8-7-19(13-23(22)29-17-20-5-3-9-25-14-20)16-26(10-11-27)15-18-4-2-6-21(24)12-18/h2-9,12-14,27H,10-11,15-17H2,1H3. The molecule has 0 saturated carbocycles. The molecule has 3 rings (SSSR count). The molecular formula is C23H25FN2O3. The van der Waals surface area contributed by atoms with Gasteiger partial charge in [-0.05, 0) is 41.5 Å². The summed E-state index contributed by atoms with van der Waals surface area (Å²) in [5, 5.41) is 9.43. The van der Waals surface area contributed by atoms with E-state index in [4.69, 9.17) is 9.47 Å². The van der Waals surface area contributed by atoms with E-state index in [-0.39, 0.29) is 12.4 Å². The molecule has 1 heterocycles. The van der Waals surface area contributed by atoms with E-state index in [0.717, 1.165) is 16.7 Å². The van der Waals surface area contributed by atoms with Crippen molar-refractivity contribution in [2.75, 3.05) is 20.3 Å². The Morgan fingerprint density at radius 2 is 1.76 bits per heavy atom. The highest BCUT2D eigenvalue weighted by atomic mass is 19.1. The highest BCUT2D eigenvalue weighted by Crippen LogP contribution is 2.29. The maximum atomic E-state index is 13.5. The summed E-state index contributed by atoms with van der Waals surface area (Å²) in [6.45, 7) is 2.02. The van der Waals surface area contributed by atoms with Crippen molar-refractivity contribution in [1.29, 1.82) is 0 Å². The molecule has 3 aromatic rings. The van der Waals surface area contributed by atoms with Gasteiger partial charge in [0.25, 0.3) is 0 Å². The Balaban J connectivity index is 1.72. The van der Waals surface area contributed by atoms with Crippen LogP contribution in [-0.4, -0.2) is 35.3 Å². The lowest BCUT2D eigenvalue weighted by Gasteiger charge is -2.22. The van der Waals surface area contributed by atoms with Crippen LogP contribution in [0.1, 0.15) is 16.7 Å². The third-order valence-electron chi connectivity index (χ3n) is 4.46. The predicted octanol–water partition coefficient (Wildman–Crippen LogP) is 3.80. The quantitative estimate of drug-likeness (QED) is 0.565. The number of benzene rings is 2. The second-order valence-electron chi connectivity index (χ2n) is 6.70. The molecule has 0 aliphatic heterocycles. The Morgan fingerprint density at radius 1 is 0.966 bits per heavy atom. The lowest BCUT2D eigenvalue weighted by molar-refractivity contribution is 0.184. The van der Waals surface area contributed by atoms with Crippen molar-refractivity contribution in [3.05, 3.63) is 89.5 Å². The maximum Gasteiger partial charge on any atom is 0.161 e. The van der Waals surface area contributed by atoms with Crippen LogP contribution in [0.5, 0.6) is 11.5 Å². The molecule has 1 aromatic heterocycles. The summed E-state index contributed by atoms with van der Waals surface area (Å²) in [5.74, 6) is 1.03.